The number of carbonyl (C=O) groups excluding carboxylic acids is 3. The van der Waals surface area contributed by atoms with Gasteiger partial charge in [0.05, 0.1) is 0 Å². The number of alkyl halides is 3. The van der Waals surface area contributed by atoms with Crippen LogP contribution < -0.4 is 5.32 Å². The van der Waals surface area contributed by atoms with Gasteiger partial charge < -0.3 is 9.94 Å². The Bertz CT molecular complexity index is 1290. The number of nitrogens with zero attached hydrogens (tertiary/aromatic N) is 2. The SMILES string of the molecule is C[C@@]1(Cc2ccc(-c3ccc4cnccc4c3)cc2O)C(=O)NC(=O)N1OC(=O)C(F)(F)F. The maximum Gasteiger partial charge on any atom is 0.493 e. The Balaban J connectivity index is 1.62. The Kier molecular flexibility index (Phi) is 5.19. The van der Waals surface area contributed by atoms with Gasteiger partial charge in [-0.3, -0.25) is 15.1 Å². The van der Waals surface area contributed by atoms with Crippen LogP contribution in [0.1, 0.15) is 12.5 Å². The Morgan fingerprint density at radius 2 is 1.82 bits per heavy atom. The second-order valence-corrected chi connectivity index (χ2v) is 7.66. The standard InChI is InChI=1S/C22H16F3N3O5/c1-21(18(30)27-20(32)28(21)33-19(31)22(23,24)25)10-15-4-2-13(9-17(15)29)12-3-5-16-11-26-7-6-14(16)8-12/h2-9,11,29H,10H2,1H3,(H,27,30,32)/t21-/m1/s1. The molecule has 1 atom stereocenters. The summed E-state index contributed by atoms with van der Waals surface area (Å²) in [6.07, 6.45) is -2.41. The molecule has 170 valence electrons. The van der Waals surface area contributed by atoms with Crippen molar-refractivity contribution < 1.29 is 37.5 Å². The second-order valence-electron chi connectivity index (χ2n) is 7.66. The highest BCUT2D eigenvalue weighted by Crippen LogP contribution is 2.34. The molecule has 4 rings (SSSR count). The summed E-state index contributed by atoms with van der Waals surface area (Å²) in [7, 11) is 0. The number of imide groups is 1. The van der Waals surface area contributed by atoms with Gasteiger partial charge in [0.25, 0.3) is 5.91 Å². The molecule has 11 heteroatoms. The van der Waals surface area contributed by atoms with Crippen molar-refractivity contribution in [2.24, 2.45) is 0 Å². The molecule has 1 aliphatic heterocycles. The highest BCUT2D eigenvalue weighted by atomic mass is 19.4. The smallest absolute Gasteiger partial charge is 0.493 e. The minimum atomic E-state index is -5.37. The van der Waals surface area contributed by atoms with E-state index in [0.717, 1.165) is 23.3 Å². The molecule has 3 aromatic rings. The number of phenolic OH excluding ortho intramolecular Hbond substituents is 1. The number of rotatable bonds is 4. The molecular weight excluding hydrogens is 443 g/mol. The first-order valence-corrected chi connectivity index (χ1v) is 9.60. The number of amides is 3. The van der Waals surface area contributed by atoms with Crippen LogP contribution in [-0.2, 0) is 20.8 Å². The molecule has 1 saturated heterocycles. The quantitative estimate of drug-likeness (QED) is 0.579. The zero-order valence-corrected chi connectivity index (χ0v) is 17.0. The number of aromatic hydroxyl groups is 1. The normalized spacial score (nSPS) is 18.5. The number of hydroxylamine groups is 2. The van der Waals surface area contributed by atoms with E-state index in [0.29, 0.717) is 5.56 Å². The summed E-state index contributed by atoms with van der Waals surface area (Å²) in [6, 6.07) is 10.7. The van der Waals surface area contributed by atoms with E-state index < -0.39 is 36.0 Å². The number of nitrogens with one attached hydrogen (secondary N) is 1. The summed E-state index contributed by atoms with van der Waals surface area (Å²) in [4.78, 5) is 43.8. The molecule has 2 aromatic carbocycles. The molecular formula is C22H16F3N3O5. The third-order valence-electron chi connectivity index (χ3n) is 5.34. The molecule has 0 radical (unpaired) electrons. The molecule has 0 bridgehead atoms. The van der Waals surface area contributed by atoms with Crippen molar-refractivity contribution in [2.75, 3.05) is 0 Å². The minimum absolute atomic E-state index is 0.0515. The van der Waals surface area contributed by atoms with Gasteiger partial charge in [0.2, 0.25) is 0 Å². The molecule has 8 nitrogen and oxygen atoms in total. The van der Waals surface area contributed by atoms with Crippen LogP contribution in [0.2, 0.25) is 0 Å². The fourth-order valence-electron chi connectivity index (χ4n) is 3.55. The van der Waals surface area contributed by atoms with Gasteiger partial charge in [-0.05, 0) is 47.2 Å². The first-order chi connectivity index (χ1) is 15.5. The van der Waals surface area contributed by atoms with Gasteiger partial charge in [-0.15, -0.1) is 5.06 Å². The molecule has 1 aliphatic rings. The van der Waals surface area contributed by atoms with Gasteiger partial charge in [0.15, 0.2) is 5.54 Å². The summed E-state index contributed by atoms with van der Waals surface area (Å²) in [5, 5.41) is 14.3. The predicted molar refractivity (Wildman–Crippen MR) is 108 cm³/mol. The predicted octanol–water partition coefficient (Wildman–Crippen LogP) is 3.48. The molecule has 1 fully saturated rings. The fraction of sp³-hybridized carbons (Fsp3) is 0.182. The van der Waals surface area contributed by atoms with Crippen molar-refractivity contribution in [1.29, 1.82) is 0 Å². The Labute approximate surface area is 184 Å². The van der Waals surface area contributed by atoms with E-state index in [-0.39, 0.29) is 16.4 Å². The highest BCUT2D eigenvalue weighted by Gasteiger charge is 2.55. The Morgan fingerprint density at radius 1 is 1.12 bits per heavy atom. The number of phenols is 1. The lowest BCUT2D eigenvalue weighted by Crippen LogP contribution is -2.51. The summed E-state index contributed by atoms with van der Waals surface area (Å²) in [6.45, 7) is 1.13. The Morgan fingerprint density at radius 3 is 2.52 bits per heavy atom. The van der Waals surface area contributed by atoms with Gasteiger partial charge in [-0.2, -0.15) is 13.2 Å². The van der Waals surface area contributed by atoms with Crippen LogP contribution in [0, 0.1) is 0 Å². The Hall–Kier alpha value is -4.15. The van der Waals surface area contributed by atoms with Gasteiger partial charge >= 0.3 is 18.2 Å². The number of hydrogen-bond donors (Lipinski definition) is 2. The number of aromatic nitrogens is 1. The van der Waals surface area contributed by atoms with E-state index in [1.54, 1.807) is 18.5 Å². The molecule has 33 heavy (non-hydrogen) atoms. The van der Waals surface area contributed by atoms with E-state index >= 15 is 0 Å². The van der Waals surface area contributed by atoms with Crippen molar-refractivity contribution in [3.8, 4) is 16.9 Å². The van der Waals surface area contributed by atoms with Crippen molar-refractivity contribution in [1.82, 2.24) is 15.4 Å². The van der Waals surface area contributed by atoms with E-state index in [4.69, 9.17) is 0 Å². The number of benzene rings is 2. The molecule has 0 spiro atoms. The lowest BCUT2D eigenvalue weighted by molar-refractivity contribution is -0.237. The molecule has 0 saturated carbocycles. The monoisotopic (exact) mass is 459 g/mol. The third kappa shape index (κ3) is 4.04. The van der Waals surface area contributed by atoms with Crippen LogP contribution in [0.25, 0.3) is 21.9 Å². The van der Waals surface area contributed by atoms with Crippen LogP contribution in [0.15, 0.2) is 54.9 Å². The highest BCUT2D eigenvalue weighted by molar-refractivity contribution is 6.06. The third-order valence-corrected chi connectivity index (χ3v) is 5.34. The van der Waals surface area contributed by atoms with E-state index in [2.05, 4.69) is 9.82 Å². The summed E-state index contributed by atoms with van der Waals surface area (Å²) < 4.78 is 37.8. The van der Waals surface area contributed by atoms with Gasteiger partial charge in [-0.1, -0.05) is 24.3 Å². The van der Waals surface area contributed by atoms with E-state index in [1.165, 1.54) is 12.1 Å². The topological polar surface area (TPSA) is 109 Å². The zero-order valence-electron chi connectivity index (χ0n) is 17.0. The zero-order chi connectivity index (χ0) is 24.0. The number of hydrogen-bond acceptors (Lipinski definition) is 6. The molecule has 3 amide bonds. The maximum atomic E-state index is 12.6. The van der Waals surface area contributed by atoms with Gasteiger partial charge in [-0.25, -0.2) is 9.59 Å². The molecule has 2 heterocycles. The summed E-state index contributed by atoms with van der Waals surface area (Å²) in [5.41, 5.74) is -0.416. The molecule has 2 N–H and O–H groups in total. The number of urea groups is 1. The van der Waals surface area contributed by atoms with Crippen LogP contribution in [0.4, 0.5) is 18.0 Å². The lowest BCUT2D eigenvalue weighted by Gasteiger charge is -2.30. The fourth-order valence-corrected chi connectivity index (χ4v) is 3.55. The minimum Gasteiger partial charge on any atom is -0.508 e. The largest absolute Gasteiger partial charge is 0.508 e. The van der Waals surface area contributed by atoms with Gasteiger partial charge in [0, 0.05) is 24.2 Å². The van der Waals surface area contributed by atoms with Crippen LogP contribution >= 0.6 is 0 Å². The molecule has 0 aliphatic carbocycles. The average Bonchev–Trinajstić information content (AvgIpc) is 2.97. The lowest BCUT2D eigenvalue weighted by atomic mass is 9.91. The van der Waals surface area contributed by atoms with Crippen molar-refractivity contribution in [3.63, 3.8) is 0 Å². The van der Waals surface area contributed by atoms with E-state index in [1.807, 2.05) is 29.6 Å². The van der Waals surface area contributed by atoms with Crippen LogP contribution in [-0.4, -0.2) is 44.8 Å². The first-order valence-electron chi connectivity index (χ1n) is 9.60. The number of halogens is 3. The number of pyridine rings is 1. The average molecular weight is 459 g/mol. The summed E-state index contributed by atoms with van der Waals surface area (Å²) >= 11 is 0. The van der Waals surface area contributed by atoms with Gasteiger partial charge in [0.1, 0.15) is 5.75 Å². The molecule has 0 unspecified atom stereocenters. The maximum absolute atomic E-state index is 12.6. The number of fused-ring (bicyclic) bond motifs is 1. The van der Waals surface area contributed by atoms with Crippen molar-refractivity contribution in [2.45, 2.75) is 25.1 Å². The number of carbonyl (C=O) groups is 3. The summed E-state index contributed by atoms with van der Waals surface area (Å²) in [5.74, 6) is -3.88. The molecule has 1 aromatic heterocycles. The van der Waals surface area contributed by atoms with Crippen LogP contribution in [0.5, 0.6) is 5.75 Å². The van der Waals surface area contributed by atoms with E-state index in [9.17, 15) is 32.7 Å². The van der Waals surface area contributed by atoms with Crippen LogP contribution in [0.3, 0.4) is 0 Å². The van der Waals surface area contributed by atoms with Crippen molar-refractivity contribution in [3.05, 3.63) is 60.4 Å². The first kappa shape index (κ1) is 22.1. The second kappa shape index (κ2) is 7.76. The van der Waals surface area contributed by atoms with Crippen molar-refractivity contribution >= 4 is 28.7 Å².